The molecule has 0 aliphatic carbocycles. The van der Waals surface area contributed by atoms with Gasteiger partial charge in [0.05, 0.1) is 16.3 Å². The fourth-order valence-corrected chi connectivity index (χ4v) is 3.91. The van der Waals surface area contributed by atoms with Crippen LogP contribution in [0.25, 0.3) is 0 Å². The van der Waals surface area contributed by atoms with Crippen molar-refractivity contribution in [2.45, 2.75) is 4.90 Å². The van der Waals surface area contributed by atoms with Crippen LogP contribution in [-0.4, -0.2) is 20.9 Å². The van der Waals surface area contributed by atoms with E-state index in [-0.39, 0.29) is 17.3 Å². The minimum Gasteiger partial charge on any atom is -0.323 e. The smallest absolute Gasteiger partial charge is 0.264 e. The van der Waals surface area contributed by atoms with Gasteiger partial charge in [0.15, 0.2) is 0 Å². The number of anilines is 2. The summed E-state index contributed by atoms with van der Waals surface area (Å²) in [5.74, 6) is -0.376. The molecule has 0 unspecified atom stereocenters. The number of fused-ring (bicyclic) bond motifs is 1. The summed E-state index contributed by atoms with van der Waals surface area (Å²) in [6.07, 6.45) is 0. The Morgan fingerprint density at radius 1 is 1.10 bits per heavy atom. The first-order valence-corrected chi connectivity index (χ1v) is 7.97. The molecular weight excluding hydrogens is 312 g/mol. The largest absolute Gasteiger partial charge is 0.323 e. The van der Waals surface area contributed by atoms with Gasteiger partial charge >= 0.3 is 0 Å². The van der Waals surface area contributed by atoms with Crippen molar-refractivity contribution in [1.82, 2.24) is 0 Å². The van der Waals surface area contributed by atoms with Gasteiger partial charge in [-0.05, 0) is 30.3 Å². The number of sulfonamides is 1. The maximum absolute atomic E-state index is 12.7. The molecule has 0 aromatic heterocycles. The molecule has 2 aromatic rings. The van der Waals surface area contributed by atoms with Crippen LogP contribution < -0.4 is 9.62 Å². The zero-order valence-electron chi connectivity index (χ0n) is 10.8. The van der Waals surface area contributed by atoms with Gasteiger partial charge in [-0.15, -0.1) is 0 Å². The molecular formula is C14H11ClN2O3S. The molecule has 0 atom stereocenters. The zero-order chi connectivity index (χ0) is 15.0. The van der Waals surface area contributed by atoms with Crippen LogP contribution >= 0.6 is 11.6 Å². The molecule has 1 aliphatic heterocycles. The zero-order valence-corrected chi connectivity index (χ0v) is 12.4. The Kier molecular flexibility index (Phi) is 3.35. The molecule has 1 amide bonds. The molecule has 0 fully saturated rings. The number of benzene rings is 2. The molecule has 0 spiro atoms. The molecule has 1 N–H and O–H groups in total. The van der Waals surface area contributed by atoms with Crippen LogP contribution in [-0.2, 0) is 14.8 Å². The minimum atomic E-state index is -3.84. The molecule has 108 valence electrons. The summed E-state index contributed by atoms with van der Waals surface area (Å²) in [7, 11) is -3.84. The number of amides is 1. The fraction of sp³-hybridized carbons (Fsp3) is 0.0714. The summed E-state index contributed by atoms with van der Waals surface area (Å²) in [5, 5.41) is 2.98. The topological polar surface area (TPSA) is 66.5 Å². The number of rotatable bonds is 2. The van der Waals surface area contributed by atoms with E-state index >= 15 is 0 Å². The van der Waals surface area contributed by atoms with Crippen LogP contribution in [0.15, 0.2) is 53.4 Å². The lowest BCUT2D eigenvalue weighted by Crippen LogP contribution is -2.42. The lowest BCUT2D eigenvalue weighted by molar-refractivity contribution is -0.115. The highest BCUT2D eigenvalue weighted by atomic mass is 35.5. The number of nitrogens with zero attached hydrogens (tertiary/aromatic N) is 1. The predicted molar refractivity (Wildman–Crippen MR) is 81.1 cm³/mol. The molecule has 7 heteroatoms. The molecule has 1 heterocycles. The molecule has 21 heavy (non-hydrogen) atoms. The standard InChI is InChI=1S/C14H11ClN2O3S/c15-10-4-3-5-11(8-10)21(19,20)17-9-14(18)16-12-6-1-2-7-13(12)17/h1-8H,9H2,(H,16,18). The second-order valence-electron chi connectivity index (χ2n) is 4.53. The molecule has 0 radical (unpaired) electrons. The molecule has 1 aliphatic rings. The van der Waals surface area contributed by atoms with Crippen molar-refractivity contribution in [3.8, 4) is 0 Å². The highest BCUT2D eigenvalue weighted by Gasteiger charge is 2.32. The number of carbonyl (C=O) groups is 1. The molecule has 0 bridgehead atoms. The van der Waals surface area contributed by atoms with Crippen LogP contribution in [0.3, 0.4) is 0 Å². The Hall–Kier alpha value is -2.05. The van der Waals surface area contributed by atoms with Gasteiger partial charge in [-0.2, -0.15) is 0 Å². The number of hydrogen-bond acceptors (Lipinski definition) is 3. The molecule has 3 rings (SSSR count). The predicted octanol–water partition coefficient (Wildman–Crippen LogP) is 2.49. The van der Waals surface area contributed by atoms with E-state index in [0.717, 1.165) is 4.31 Å². The first kappa shape index (κ1) is 13.9. The summed E-state index contributed by atoms with van der Waals surface area (Å²) in [6, 6.07) is 12.7. The van der Waals surface area contributed by atoms with Crippen molar-refractivity contribution >= 4 is 38.9 Å². The van der Waals surface area contributed by atoms with E-state index < -0.39 is 10.0 Å². The van der Waals surface area contributed by atoms with E-state index in [1.54, 1.807) is 36.4 Å². The van der Waals surface area contributed by atoms with Crippen LogP contribution in [0.5, 0.6) is 0 Å². The van der Waals surface area contributed by atoms with Crippen LogP contribution in [0, 0.1) is 0 Å². The van der Waals surface area contributed by atoms with Gasteiger partial charge in [-0.3, -0.25) is 9.10 Å². The van der Waals surface area contributed by atoms with E-state index in [2.05, 4.69) is 5.32 Å². The summed E-state index contributed by atoms with van der Waals surface area (Å²) in [5.41, 5.74) is 0.913. The lowest BCUT2D eigenvalue weighted by atomic mass is 10.2. The highest BCUT2D eigenvalue weighted by molar-refractivity contribution is 7.92. The SMILES string of the molecule is O=C1CN(S(=O)(=O)c2cccc(Cl)c2)c2ccccc2N1. The normalized spacial score (nSPS) is 14.5. The summed E-state index contributed by atoms with van der Waals surface area (Å²) in [4.78, 5) is 11.8. The van der Waals surface area contributed by atoms with E-state index in [4.69, 9.17) is 11.6 Å². The molecule has 0 saturated heterocycles. The number of halogens is 1. The quantitative estimate of drug-likeness (QED) is 0.923. The Morgan fingerprint density at radius 2 is 1.86 bits per heavy atom. The first-order valence-electron chi connectivity index (χ1n) is 6.16. The number of hydrogen-bond donors (Lipinski definition) is 1. The first-order chi connectivity index (χ1) is 9.98. The van der Waals surface area contributed by atoms with Gasteiger partial charge in [0.2, 0.25) is 5.91 Å². The van der Waals surface area contributed by atoms with Gasteiger partial charge in [-0.25, -0.2) is 8.42 Å². The van der Waals surface area contributed by atoms with E-state index in [1.807, 2.05) is 0 Å². The van der Waals surface area contributed by atoms with E-state index in [1.165, 1.54) is 12.1 Å². The van der Waals surface area contributed by atoms with Gasteiger partial charge < -0.3 is 5.32 Å². The Morgan fingerprint density at radius 3 is 2.62 bits per heavy atom. The highest BCUT2D eigenvalue weighted by Crippen LogP contribution is 2.33. The average Bonchev–Trinajstić information content (AvgIpc) is 2.46. The Bertz CT molecular complexity index is 820. The second kappa shape index (κ2) is 5.05. The Labute approximate surface area is 127 Å². The maximum Gasteiger partial charge on any atom is 0.264 e. The lowest BCUT2D eigenvalue weighted by Gasteiger charge is -2.30. The van der Waals surface area contributed by atoms with Crippen LogP contribution in [0.1, 0.15) is 0 Å². The van der Waals surface area contributed by atoms with Crippen molar-refractivity contribution in [2.24, 2.45) is 0 Å². The molecule has 2 aromatic carbocycles. The van der Waals surface area contributed by atoms with Crippen molar-refractivity contribution in [2.75, 3.05) is 16.2 Å². The third kappa shape index (κ3) is 2.48. The minimum absolute atomic E-state index is 0.0551. The van der Waals surface area contributed by atoms with Crippen molar-refractivity contribution in [1.29, 1.82) is 0 Å². The monoisotopic (exact) mass is 322 g/mol. The van der Waals surface area contributed by atoms with Crippen molar-refractivity contribution < 1.29 is 13.2 Å². The average molecular weight is 323 g/mol. The summed E-state index contributed by atoms with van der Waals surface area (Å²) >= 11 is 5.86. The molecule has 0 saturated carbocycles. The number of nitrogens with one attached hydrogen (secondary N) is 1. The van der Waals surface area contributed by atoms with E-state index in [0.29, 0.717) is 16.4 Å². The van der Waals surface area contributed by atoms with Crippen LogP contribution in [0.2, 0.25) is 5.02 Å². The Balaban J connectivity index is 2.14. The number of carbonyl (C=O) groups excluding carboxylic acids is 1. The van der Waals surface area contributed by atoms with Gasteiger partial charge in [0.25, 0.3) is 10.0 Å². The molecule has 5 nitrogen and oxygen atoms in total. The number of para-hydroxylation sites is 2. The van der Waals surface area contributed by atoms with Crippen molar-refractivity contribution in [3.05, 3.63) is 53.6 Å². The van der Waals surface area contributed by atoms with Gasteiger partial charge in [-0.1, -0.05) is 29.8 Å². The van der Waals surface area contributed by atoms with Gasteiger partial charge in [0, 0.05) is 5.02 Å². The maximum atomic E-state index is 12.7. The van der Waals surface area contributed by atoms with Crippen molar-refractivity contribution in [3.63, 3.8) is 0 Å². The second-order valence-corrected chi connectivity index (χ2v) is 6.83. The van der Waals surface area contributed by atoms with Crippen LogP contribution in [0.4, 0.5) is 11.4 Å². The third-order valence-electron chi connectivity index (χ3n) is 3.12. The van der Waals surface area contributed by atoms with Gasteiger partial charge in [0.1, 0.15) is 6.54 Å². The fourth-order valence-electron chi connectivity index (χ4n) is 2.17. The van der Waals surface area contributed by atoms with E-state index in [9.17, 15) is 13.2 Å². The third-order valence-corrected chi connectivity index (χ3v) is 5.11. The summed E-state index contributed by atoms with van der Waals surface area (Å²) < 4.78 is 26.6. The summed E-state index contributed by atoms with van der Waals surface area (Å²) in [6.45, 7) is -0.258.